The lowest BCUT2D eigenvalue weighted by atomic mass is 9.95. The zero-order valence-electron chi connectivity index (χ0n) is 26.2. The van der Waals surface area contributed by atoms with E-state index in [4.69, 9.17) is 10.8 Å². The predicted molar refractivity (Wildman–Crippen MR) is 164 cm³/mol. The van der Waals surface area contributed by atoms with E-state index in [0.717, 1.165) is 5.56 Å². The Bertz CT molecular complexity index is 1060. The second-order valence-electron chi connectivity index (χ2n) is 11.6. The van der Waals surface area contributed by atoms with Gasteiger partial charge in [0.15, 0.2) is 0 Å². The van der Waals surface area contributed by atoms with Gasteiger partial charge in [0.25, 0.3) is 0 Å². The highest BCUT2D eigenvalue weighted by Crippen LogP contribution is 2.14. The van der Waals surface area contributed by atoms with Crippen LogP contribution in [-0.4, -0.2) is 64.0 Å². The number of carbonyl (C=O) groups excluding carboxylic acids is 4. The lowest BCUT2D eigenvalue weighted by Gasteiger charge is -2.29. The number of nitrogen functional groups attached to an aromatic ring is 1. The fourth-order valence-electron chi connectivity index (χ4n) is 4.58. The van der Waals surface area contributed by atoms with Gasteiger partial charge in [-0.05, 0) is 48.8 Å². The number of aliphatic carboxylic acids is 1. The summed E-state index contributed by atoms with van der Waals surface area (Å²) in [5, 5.41) is 30.8. The minimum absolute atomic E-state index is 0.0346. The van der Waals surface area contributed by atoms with Crippen LogP contribution in [0.5, 0.6) is 0 Å². The Hall–Kier alpha value is -3.67. The summed E-state index contributed by atoms with van der Waals surface area (Å²) in [6, 6.07) is 4.54. The van der Waals surface area contributed by atoms with Gasteiger partial charge in [-0.1, -0.05) is 59.6 Å². The Kier molecular flexibility index (Phi) is 16.9. The topological polar surface area (TPSA) is 200 Å². The maximum absolute atomic E-state index is 13.4. The minimum Gasteiger partial charge on any atom is -0.481 e. The molecule has 1 aromatic rings. The number of benzene rings is 1. The number of aliphatic hydroxyl groups is 1. The van der Waals surface area contributed by atoms with E-state index in [2.05, 4.69) is 21.3 Å². The average Bonchev–Trinajstić information content (AvgIpc) is 2.93. The first-order valence-electron chi connectivity index (χ1n) is 15.2. The molecular weight excluding hydrogens is 554 g/mol. The summed E-state index contributed by atoms with van der Waals surface area (Å²) >= 11 is 0. The first-order chi connectivity index (χ1) is 20.3. The number of nitrogens with one attached hydrogen (secondary N) is 4. The molecule has 12 heteroatoms. The number of carbonyl (C=O) groups is 5. The summed E-state index contributed by atoms with van der Waals surface area (Å²) in [5.74, 6) is -2.97. The van der Waals surface area contributed by atoms with E-state index in [1.54, 1.807) is 18.2 Å². The maximum atomic E-state index is 13.4. The Labute approximate surface area is 254 Å². The van der Waals surface area contributed by atoms with Crippen LogP contribution in [0.25, 0.3) is 0 Å². The molecule has 242 valence electrons. The lowest BCUT2D eigenvalue weighted by molar-refractivity contribution is -0.137. The van der Waals surface area contributed by atoms with E-state index in [9.17, 15) is 29.1 Å². The molecule has 0 radical (unpaired) electrons. The van der Waals surface area contributed by atoms with Crippen molar-refractivity contribution in [2.24, 2.45) is 11.8 Å². The number of carboxylic acids is 1. The third-order valence-corrected chi connectivity index (χ3v) is 7.17. The molecule has 0 fully saturated rings. The molecular formula is C31H51N5O7. The van der Waals surface area contributed by atoms with E-state index in [1.807, 2.05) is 40.7 Å². The Morgan fingerprint density at radius 2 is 1.63 bits per heavy atom. The van der Waals surface area contributed by atoms with E-state index >= 15 is 0 Å². The van der Waals surface area contributed by atoms with Crippen molar-refractivity contribution in [3.05, 3.63) is 29.8 Å². The molecule has 1 rings (SSSR count). The van der Waals surface area contributed by atoms with Gasteiger partial charge in [0.2, 0.25) is 23.6 Å². The molecule has 4 amide bonds. The Morgan fingerprint density at radius 3 is 2.21 bits per heavy atom. The van der Waals surface area contributed by atoms with Gasteiger partial charge in [0.05, 0.1) is 18.6 Å². The SMILES string of the molecule is CCC[C@H](NC(=O)[C@@H](NC(=O)CCCC(=O)O)[C@@H](C)CC)C(=O)N[C@@H](CC(C)C)[C@@H](O)CC(=O)NCc1cccc(N)c1. The van der Waals surface area contributed by atoms with Gasteiger partial charge in [-0.3, -0.25) is 24.0 Å². The normalized spacial score (nSPS) is 14.6. The van der Waals surface area contributed by atoms with Gasteiger partial charge >= 0.3 is 5.97 Å². The number of hydrogen-bond donors (Lipinski definition) is 7. The zero-order chi connectivity index (χ0) is 32.5. The Morgan fingerprint density at radius 1 is 0.930 bits per heavy atom. The van der Waals surface area contributed by atoms with Gasteiger partial charge in [0.1, 0.15) is 12.1 Å². The highest BCUT2D eigenvalue weighted by molar-refractivity contribution is 5.92. The highest BCUT2D eigenvalue weighted by Gasteiger charge is 2.32. The fraction of sp³-hybridized carbons (Fsp3) is 0.645. The summed E-state index contributed by atoms with van der Waals surface area (Å²) in [7, 11) is 0. The number of rotatable bonds is 20. The number of amides is 4. The molecule has 43 heavy (non-hydrogen) atoms. The van der Waals surface area contributed by atoms with Crippen LogP contribution < -0.4 is 27.0 Å². The van der Waals surface area contributed by atoms with Crippen molar-refractivity contribution in [3.8, 4) is 0 Å². The second kappa shape index (κ2) is 19.5. The third-order valence-electron chi connectivity index (χ3n) is 7.17. The maximum Gasteiger partial charge on any atom is 0.303 e. The van der Waals surface area contributed by atoms with E-state index in [0.29, 0.717) is 31.4 Å². The van der Waals surface area contributed by atoms with Crippen molar-refractivity contribution in [2.75, 3.05) is 5.73 Å². The quantitative estimate of drug-likeness (QED) is 0.110. The molecule has 0 spiro atoms. The number of carboxylic acid groups (broad SMARTS) is 1. The smallest absolute Gasteiger partial charge is 0.303 e. The molecule has 8 N–H and O–H groups in total. The molecule has 0 saturated carbocycles. The van der Waals surface area contributed by atoms with Gasteiger partial charge < -0.3 is 37.2 Å². The number of aliphatic hydroxyl groups excluding tert-OH is 1. The molecule has 0 bridgehead atoms. The standard InChI is InChI=1S/C31H51N5O7/c1-6-10-23(34-31(43)29(20(5)7-2)36-26(38)13-9-14-28(40)41)30(42)35-24(15-19(3)4)25(37)17-27(39)33-18-21-11-8-12-22(32)16-21/h8,11-12,16,19-20,23-25,29,37H,6-7,9-10,13-15,17-18,32H2,1-5H3,(H,33,39)(H,34,43)(H,35,42)(H,36,38)(H,40,41)/t20-,23-,24-,25-,29-/m0/s1. The second-order valence-corrected chi connectivity index (χ2v) is 11.6. The number of nitrogens with two attached hydrogens (primary N) is 1. The predicted octanol–water partition coefficient (Wildman–Crippen LogP) is 2.24. The first-order valence-corrected chi connectivity index (χ1v) is 15.2. The van der Waals surface area contributed by atoms with Crippen molar-refractivity contribution in [3.63, 3.8) is 0 Å². The highest BCUT2D eigenvalue weighted by atomic mass is 16.4. The number of anilines is 1. The van der Waals surface area contributed by atoms with Crippen molar-refractivity contribution < 1.29 is 34.2 Å². The Balaban J connectivity index is 2.90. The van der Waals surface area contributed by atoms with Crippen molar-refractivity contribution in [1.82, 2.24) is 21.3 Å². The molecule has 1 aromatic carbocycles. The number of hydrogen-bond acceptors (Lipinski definition) is 7. The van der Waals surface area contributed by atoms with Crippen molar-refractivity contribution >= 4 is 35.3 Å². The van der Waals surface area contributed by atoms with Crippen LogP contribution in [0, 0.1) is 11.8 Å². The van der Waals surface area contributed by atoms with E-state index in [1.165, 1.54) is 0 Å². The molecule has 0 aliphatic heterocycles. The summed E-state index contributed by atoms with van der Waals surface area (Å²) < 4.78 is 0. The van der Waals surface area contributed by atoms with Crippen LogP contribution in [0.1, 0.15) is 91.5 Å². The van der Waals surface area contributed by atoms with E-state index < -0.39 is 47.9 Å². The van der Waals surface area contributed by atoms with Crippen LogP contribution in [0.3, 0.4) is 0 Å². The molecule has 5 atom stereocenters. The minimum atomic E-state index is -1.16. The lowest BCUT2D eigenvalue weighted by Crippen LogP contribution is -2.57. The largest absolute Gasteiger partial charge is 0.481 e. The monoisotopic (exact) mass is 605 g/mol. The van der Waals surface area contributed by atoms with E-state index in [-0.39, 0.29) is 50.0 Å². The van der Waals surface area contributed by atoms with Gasteiger partial charge in [-0.15, -0.1) is 0 Å². The summed E-state index contributed by atoms with van der Waals surface area (Å²) in [4.78, 5) is 62.5. The average molecular weight is 606 g/mol. The molecule has 0 aliphatic carbocycles. The summed E-state index contributed by atoms with van der Waals surface area (Å²) in [6.07, 6.45) is 0.463. The summed E-state index contributed by atoms with van der Waals surface area (Å²) in [6.45, 7) is 9.67. The molecule has 0 heterocycles. The van der Waals surface area contributed by atoms with Crippen molar-refractivity contribution in [1.29, 1.82) is 0 Å². The van der Waals surface area contributed by atoms with Crippen molar-refractivity contribution in [2.45, 2.75) is 117 Å². The molecule has 0 saturated heterocycles. The van der Waals surface area contributed by atoms with Crippen LogP contribution in [-0.2, 0) is 30.5 Å². The van der Waals surface area contributed by atoms with Gasteiger partial charge in [0, 0.05) is 25.1 Å². The molecule has 0 unspecified atom stereocenters. The van der Waals surface area contributed by atoms with Crippen LogP contribution in [0.4, 0.5) is 5.69 Å². The zero-order valence-corrected chi connectivity index (χ0v) is 26.2. The molecule has 0 aliphatic rings. The van der Waals surface area contributed by atoms with Crippen LogP contribution in [0.2, 0.25) is 0 Å². The van der Waals surface area contributed by atoms with Gasteiger partial charge in [-0.25, -0.2) is 0 Å². The summed E-state index contributed by atoms with van der Waals surface area (Å²) in [5.41, 5.74) is 7.18. The third kappa shape index (κ3) is 14.9. The molecule has 0 aromatic heterocycles. The fourth-order valence-corrected chi connectivity index (χ4v) is 4.58. The van der Waals surface area contributed by atoms with Crippen LogP contribution in [0.15, 0.2) is 24.3 Å². The van der Waals surface area contributed by atoms with Crippen LogP contribution >= 0.6 is 0 Å². The molecule has 12 nitrogen and oxygen atoms in total. The first kappa shape index (κ1) is 37.4. The van der Waals surface area contributed by atoms with Gasteiger partial charge in [-0.2, -0.15) is 0 Å².